The number of piperidine rings is 1. The number of carbonyl (C=O) groups is 9. The summed E-state index contributed by atoms with van der Waals surface area (Å²) in [7, 11) is 3.78. The predicted molar refractivity (Wildman–Crippen MR) is 428 cm³/mol. The molecule has 0 saturated carbocycles. The van der Waals surface area contributed by atoms with E-state index in [-0.39, 0.29) is 138 Å². The Morgan fingerprint density at radius 2 is 1.15 bits per heavy atom. The third-order valence-electron chi connectivity index (χ3n) is 22.2. The second kappa shape index (κ2) is 39.9. The number of aromatic nitrogens is 1. The number of benzene rings is 4. The topological polar surface area (TPSA) is 356 Å². The number of fused-ring (bicyclic) bond motifs is 8. The number of alkyl halides is 1. The van der Waals surface area contributed by atoms with Gasteiger partial charge in [0.15, 0.2) is 40.9 Å². The molecule has 4 saturated heterocycles. The first-order valence-corrected chi connectivity index (χ1v) is 39.9. The highest BCUT2D eigenvalue weighted by molar-refractivity contribution is 6.33. The molecule has 33 heteroatoms. The number of likely N-dealkylation sites (N-methyl/N-ethyl adjacent to an activating group) is 1. The molecule has 7 heterocycles. The van der Waals surface area contributed by atoms with Crippen molar-refractivity contribution in [1.29, 1.82) is 0 Å². The van der Waals surface area contributed by atoms with Gasteiger partial charge in [0.25, 0.3) is 11.8 Å². The Morgan fingerprint density at radius 1 is 0.607 bits per heavy atom. The SMILES string of the molecule is C.C.CC(=O)OCC1OC(Oc2cc3c(cc2Cl)C2(OC(=O)c4cc(C(=O)NCCN(C)C)ccc42)C2CC(Cl)C(OC4OC(COC(C)=O)C(C)C(OC(C)=O)C4C)C=C2O3)C(OC(C)=O)C(C)C1C.CC(=O)OCC1OC(Oc2cc3oc4cc(=O)cc(C(=O)NCCCN5CCCCC5)c-4nc3cc2Cl)C(OC(C)=O)C(C)C1C. The summed E-state index contributed by atoms with van der Waals surface area (Å²) in [5.41, 5.74) is 0.0983. The molecule has 2 N–H and O–H groups in total. The summed E-state index contributed by atoms with van der Waals surface area (Å²) in [6.07, 6.45) is -2.17. The molecule has 3 aromatic rings. The van der Waals surface area contributed by atoms with Gasteiger partial charge >= 0.3 is 41.8 Å². The van der Waals surface area contributed by atoms with E-state index in [1.54, 1.807) is 24.3 Å². The summed E-state index contributed by atoms with van der Waals surface area (Å²) in [5, 5.41) is 5.22. The minimum atomic E-state index is -1.60. The fourth-order valence-corrected chi connectivity index (χ4v) is 16.5. The van der Waals surface area contributed by atoms with Crippen LogP contribution in [0.2, 0.25) is 10.0 Å². The number of likely N-dealkylation sites (tertiary alicyclic amines) is 1. The van der Waals surface area contributed by atoms with E-state index in [1.165, 1.54) is 97.2 Å². The standard InChI is InChI=1S/C49H60Cl2N2O16.C33H40ClN3O9.2CH4/c1-22-23(2)44(63-29(8)57)48(68-41(22)20-60-26(5)54)66-40-19-38-34(17-36(40)51)49(32-12-11-30(15-31(32)46(59)69-49)45(58)52-13-14-53(9)10)33-16-35(50)39(18-37(33)64-38)65-47-25(4)43(62-28(7)56)24(3)42(67-47)21-61-27(6)55;1-18-19(2)31(43-21(4)39)33(46-29(18)17-42-20(3)38)45-26-16-27-25(15-24(26)34)36-30-23(13-22(40)14-28(30)44-27)32(41)35-9-8-12-37-10-6-5-7-11-37;;/h11-12,15,17-19,22-25,33,35,39,41-44,47-48H,13-14,16,20-21H2,1-10H3,(H,52,58);13-16,18-19,29,31,33H,5-12,17H2,1-4H3,(H,35,41);2*1H4. The molecular weight excluding hydrogens is 1590 g/mol. The smallest absolute Gasteiger partial charge is 0.339 e. The van der Waals surface area contributed by atoms with E-state index in [4.69, 9.17) is 106 Å². The first-order valence-electron chi connectivity index (χ1n) is 38.7. The minimum Gasteiger partial charge on any atom is -0.463 e. The number of carbonyl (C=O) groups excluding carboxylic acids is 9. The lowest BCUT2D eigenvalue weighted by Crippen LogP contribution is -2.55. The van der Waals surface area contributed by atoms with E-state index in [1.807, 2.05) is 60.5 Å². The molecule has 30 nitrogen and oxygen atoms in total. The molecule has 3 aromatic carbocycles. The van der Waals surface area contributed by atoms with Crippen molar-refractivity contribution >= 4 is 99.5 Å². The highest BCUT2D eigenvalue weighted by Gasteiger charge is 2.61. The summed E-state index contributed by atoms with van der Waals surface area (Å²) in [4.78, 5) is 134. The van der Waals surface area contributed by atoms with E-state index in [9.17, 15) is 47.9 Å². The van der Waals surface area contributed by atoms with E-state index in [2.05, 4.69) is 20.5 Å². The summed E-state index contributed by atoms with van der Waals surface area (Å²) in [6.45, 7) is 23.3. The van der Waals surface area contributed by atoms with Crippen molar-refractivity contribution in [3.63, 3.8) is 0 Å². The number of ether oxygens (including phenoxy) is 14. The fourth-order valence-electron chi connectivity index (χ4n) is 15.7. The van der Waals surface area contributed by atoms with Crippen molar-refractivity contribution in [3.8, 4) is 28.7 Å². The van der Waals surface area contributed by atoms with Gasteiger partial charge in [0, 0.05) is 126 Å². The molecule has 19 unspecified atom stereocenters. The number of esters is 7. The van der Waals surface area contributed by atoms with Crippen LogP contribution in [-0.4, -0.2) is 209 Å². The third kappa shape index (κ3) is 21.5. The van der Waals surface area contributed by atoms with Gasteiger partial charge in [0.05, 0.1) is 50.8 Å². The van der Waals surface area contributed by atoms with Gasteiger partial charge in [-0.1, -0.05) is 92.1 Å². The van der Waals surface area contributed by atoms with Crippen molar-refractivity contribution in [2.24, 2.45) is 41.4 Å². The van der Waals surface area contributed by atoms with E-state index in [0.717, 1.165) is 26.1 Å². The molecule has 4 fully saturated rings. The van der Waals surface area contributed by atoms with Crippen molar-refractivity contribution in [2.75, 3.05) is 73.2 Å². The van der Waals surface area contributed by atoms with Crippen LogP contribution >= 0.6 is 34.8 Å². The fraction of sp³-hybridized carbons (Fsp3) is 0.583. The molecule has 9 aliphatic rings. The second-order valence-corrected chi connectivity index (χ2v) is 32.1. The van der Waals surface area contributed by atoms with Crippen molar-refractivity contribution in [1.82, 2.24) is 25.4 Å². The lowest BCUT2D eigenvalue weighted by atomic mass is 9.69. The largest absolute Gasteiger partial charge is 0.463 e. The number of rotatable bonds is 24. The molecule has 7 aliphatic heterocycles. The Morgan fingerprint density at radius 3 is 1.73 bits per heavy atom. The van der Waals surface area contributed by atoms with Gasteiger partial charge in [-0.25, -0.2) is 9.78 Å². The molecule has 117 heavy (non-hydrogen) atoms. The van der Waals surface area contributed by atoms with Crippen LogP contribution in [0.25, 0.3) is 22.6 Å². The summed E-state index contributed by atoms with van der Waals surface area (Å²) < 4.78 is 90.4. The van der Waals surface area contributed by atoms with Gasteiger partial charge in [0.2, 0.25) is 12.6 Å². The van der Waals surface area contributed by atoms with Crippen molar-refractivity contribution < 1.29 is 114 Å². The third-order valence-corrected chi connectivity index (χ3v) is 23.2. The normalized spacial score (nSPS) is 28.3. The van der Waals surface area contributed by atoms with E-state index >= 15 is 0 Å². The van der Waals surface area contributed by atoms with Gasteiger partial charge in [0.1, 0.15) is 66.2 Å². The maximum Gasteiger partial charge on any atom is 0.339 e. The molecule has 12 rings (SSSR count). The summed E-state index contributed by atoms with van der Waals surface area (Å²) >= 11 is 21.0. The molecule has 19 atom stereocenters. The number of hydrogen-bond acceptors (Lipinski definition) is 28. The number of nitrogens with zero attached hydrogens (tertiary/aromatic N) is 3. The van der Waals surface area contributed by atoms with Crippen LogP contribution in [-0.2, 0) is 86.5 Å². The zero-order valence-electron chi connectivity index (χ0n) is 66.7. The van der Waals surface area contributed by atoms with Crippen LogP contribution in [0, 0.1) is 41.4 Å². The number of hydrogen-bond donors (Lipinski definition) is 2. The van der Waals surface area contributed by atoms with E-state index in [0.29, 0.717) is 42.0 Å². The summed E-state index contributed by atoms with van der Waals surface area (Å²) in [6, 6.07) is 13.4. The zero-order valence-corrected chi connectivity index (χ0v) is 69.0. The first kappa shape index (κ1) is 92.2. The quantitative estimate of drug-likeness (QED) is 0.0190. The number of halogens is 3. The average Bonchev–Trinajstić information content (AvgIpc) is 1.58. The number of nitrogens with one attached hydrogen (secondary N) is 2. The molecule has 0 bridgehead atoms. The Kier molecular flexibility index (Phi) is 31.4. The molecule has 2 aliphatic carbocycles. The zero-order chi connectivity index (χ0) is 83.2. The Labute approximate surface area is 695 Å². The summed E-state index contributed by atoms with van der Waals surface area (Å²) in [5.74, 6) is -6.26. The van der Waals surface area contributed by atoms with E-state index < -0.39 is 138 Å². The maximum atomic E-state index is 14.2. The highest BCUT2D eigenvalue weighted by atomic mass is 35.5. The van der Waals surface area contributed by atoms with Crippen LogP contribution in [0.5, 0.6) is 17.2 Å². The van der Waals surface area contributed by atoms with Crippen LogP contribution in [0.1, 0.15) is 172 Å². The van der Waals surface area contributed by atoms with Gasteiger partial charge in [-0.3, -0.25) is 43.2 Å². The molecule has 0 aromatic heterocycles. The lowest BCUT2D eigenvalue weighted by molar-refractivity contribution is -0.280. The van der Waals surface area contributed by atoms with Crippen LogP contribution in [0.4, 0.5) is 0 Å². The van der Waals surface area contributed by atoms with Crippen LogP contribution < -0.4 is 30.3 Å². The van der Waals surface area contributed by atoms with Gasteiger partial charge in [-0.2, -0.15) is 0 Å². The molecule has 0 radical (unpaired) electrons. The lowest BCUT2D eigenvalue weighted by Gasteiger charge is -2.48. The van der Waals surface area contributed by atoms with Gasteiger partial charge < -0.3 is 91.2 Å². The maximum absolute atomic E-state index is 14.2. The first-order chi connectivity index (χ1) is 54.6. The highest BCUT2D eigenvalue weighted by Crippen LogP contribution is 2.60. The Bertz CT molecular complexity index is 4510. The molecular formula is C84H108Cl3N5O25. The van der Waals surface area contributed by atoms with Crippen molar-refractivity contribution in [2.45, 2.75) is 203 Å². The monoisotopic (exact) mass is 1690 g/mol. The van der Waals surface area contributed by atoms with Gasteiger partial charge in [-0.15, -0.1) is 11.6 Å². The van der Waals surface area contributed by atoms with Crippen LogP contribution in [0.3, 0.4) is 0 Å². The van der Waals surface area contributed by atoms with Crippen molar-refractivity contribution in [3.05, 3.63) is 115 Å². The Hall–Kier alpha value is -8.72. The minimum absolute atomic E-state index is 0. The Balaban J connectivity index is 0.000000283. The average molecular weight is 1690 g/mol. The van der Waals surface area contributed by atoms with Gasteiger partial charge in [-0.05, 0) is 102 Å². The second-order valence-electron chi connectivity index (χ2n) is 30.7. The number of amides is 2. The molecule has 1 spiro atoms. The van der Waals surface area contributed by atoms with Crippen LogP contribution in [0.15, 0.2) is 75.6 Å². The molecule has 640 valence electrons. The molecule has 2 amide bonds. The predicted octanol–water partition coefficient (Wildman–Crippen LogP) is 11.4.